The second-order valence-corrected chi connectivity index (χ2v) is 3.99. The number of nitrogens with one attached hydrogen (secondary N) is 1. The van der Waals surface area contributed by atoms with Crippen molar-refractivity contribution >= 4 is 28.9 Å². The van der Waals surface area contributed by atoms with E-state index in [2.05, 4.69) is 5.32 Å². The van der Waals surface area contributed by atoms with Gasteiger partial charge in [0.25, 0.3) is 0 Å². The Hall–Kier alpha value is -0.640. The van der Waals surface area contributed by atoms with E-state index >= 15 is 0 Å². The molecule has 0 radical (unpaired) electrons. The molecule has 0 spiro atoms. The smallest absolute Gasteiger partial charge is 0.160 e. The lowest BCUT2D eigenvalue weighted by Crippen LogP contribution is -2.28. The van der Waals surface area contributed by atoms with Crippen molar-refractivity contribution in [1.82, 2.24) is 5.32 Å². The summed E-state index contributed by atoms with van der Waals surface area (Å²) in [6.07, 6.45) is 0. The number of ether oxygens (including phenoxy) is 1. The molecule has 5 heteroatoms. The summed E-state index contributed by atoms with van der Waals surface area (Å²) in [6.45, 7) is 0.688. The monoisotopic (exact) mass is 248 g/mol. The lowest BCUT2D eigenvalue weighted by molar-refractivity contribution is 0.415. The highest BCUT2D eigenvalue weighted by atomic mass is 35.5. The molecule has 0 saturated heterocycles. The molecule has 0 aliphatic rings. The molecule has 0 aliphatic heterocycles. The summed E-state index contributed by atoms with van der Waals surface area (Å²) in [5, 5.41) is 4.15. The van der Waals surface area contributed by atoms with Gasteiger partial charge in [-0.15, -0.1) is 0 Å². The molecule has 1 N–H and O–H groups in total. The molecule has 0 unspecified atom stereocenters. The van der Waals surface area contributed by atoms with Crippen LogP contribution < -0.4 is 15.0 Å². The summed E-state index contributed by atoms with van der Waals surface area (Å²) >= 11 is 12.0. The lowest BCUT2D eigenvalue weighted by atomic mass is 10.2. The fourth-order valence-electron chi connectivity index (χ4n) is 1.35. The van der Waals surface area contributed by atoms with Crippen LogP contribution in [-0.4, -0.2) is 27.9 Å². The van der Waals surface area contributed by atoms with Crippen molar-refractivity contribution in [3.8, 4) is 5.75 Å². The van der Waals surface area contributed by atoms with Gasteiger partial charge in [0.1, 0.15) is 0 Å². The van der Waals surface area contributed by atoms with Crippen LogP contribution in [0.3, 0.4) is 0 Å². The number of nitrogens with zero attached hydrogens (tertiary/aromatic N) is 1. The summed E-state index contributed by atoms with van der Waals surface area (Å²) in [6, 6.07) is 3.49. The topological polar surface area (TPSA) is 24.5 Å². The van der Waals surface area contributed by atoms with Gasteiger partial charge in [-0.25, -0.2) is 0 Å². The van der Waals surface area contributed by atoms with Crippen molar-refractivity contribution in [3.63, 3.8) is 0 Å². The number of rotatable bonds is 4. The lowest BCUT2D eigenvalue weighted by Gasteiger charge is -2.22. The van der Waals surface area contributed by atoms with Gasteiger partial charge in [-0.1, -0.05) is 23.2 Å². The highest BCUT2D eigenvalue weighted by Crippen LogP contribution is 2.37. The molecule has 0 atom stereocenters. The van der Waals surface area contributed by atoms with Crippen molar-refractivity contribution in [3.05, 3.63) is 22.2 Å². The highest BCUT2D eigenvalue weighted by Gasteiger charge is 2.12. The Bertz CT molecular complexity index is 344. The van der Waals surface area contributed by atoms with Crippen LogP contribution in [0.5, 0.6) is 5.75 Å². The van der Waals surface area contributed by atoms with E-state index in [0.29, 0.717) is 22.5 Å². The average Bonchev–Trinajstić information content (AvgIpc) is 2.17. The Balaban J connectivity index is 3.13. The summed E-state index contributed by atoms with van der Waals surface area (Å²) in [4.78, 5) is 1.97. The van der Waals surface area contributed by atoms with Crippen LogP contribution >= 0.6 is 23.2 Å². The third-order valence-corrected chi connectivity index (χ3v) is 2.50. The van der Waals surface area contributed by atoms with E-state index in [4.69, 9.17) is 27.9 Å². The molecule has 0 heterocycles. The Kier molecular flexibility index (Phi) is 4.51. The maximum atomic E-state index is 6.02. The van der Waals surface area contributed by atoms with E-state index in [0.717, 1.165) is 5.69 Å². The van der Waals surface area contributed by atoms with Crippen molar-refractivity contribution in [2.24, 2.45) is 0 Å². The largest absolute Gasteiger partial charge is 0.493 e. The van der Waals surface area contributed by atoms with Gasteiger partial charge in [0.05, 0.1) is 24.5 Å². The van der Waals surface area contributed by atoms with Gasteiger partial charge in [-0.3, -0.25) is 0 Å². The van der Waals surface area contributed by atoms with Crippen LogP contribution in [0.25, 0.3) is 0 Å². The first kappa shape index (κ1) is 12.4. The third-order valence-electron chi connectivity index (χ3n) is 2.00. The van der Waals surface area contributed by atoms with E-state index in [1.807, 2.05) is 25.1 Å². The van der Waals surface area contributed by atoms with Gasteiger partial charge >= 0.3 is 0 Å². The number of hydrogen-bond acceptors (Lipinski definition) is 3. The minimum Gasteiger partial charge on any atom is -0.493 e. The van der Waals surface area contributed by atoms with Gasteiger partial charge in [0, 0.05) is 12.1 Å². The van der Waals surface area contributed by atoms with Crippen LogP contribution in [0, 0.1) is 0 Å². The summed E-state index contributed by atoms with van der Waals surface area (Å²) in [5.74, 6) is 0.638. The van der Waals surface area contributed by atoms with Crippen LogP contribution in [0.1, 0.15) is 0 Å². The molecule has 0 amide bonds. The molecule has 1 aromatic rings. The number of anilines is 1. The first-order valence-corrected chi connectivity index (χ1v) is 5.24. The van der Waals surface area contributed by atoms with E-state index in [1.165, 1.54) is 0 Å². The normalized spacial score (nSPS) is 10.2. The first-order chi connectivity index (χ1) is 7.10. The van der Waals surface area contributed by atoms with E-state index in [9.17, 15) is 0 Å². The predicted molar refractivity (Wildman–Crippen MR) is 65.3 cm³/mol. The summed E-state index contributed by atoms with van der Waals surface area (Å²) in [7, 11) is 5.39. The highest BCUT2D eigenvalue weighted by molar-refractivity contribution is 6.36. The molecule has 0 bridgehead atoms. The number of halogens is 2. The molecule has 3 nitrogen and oxygen atoms in total. The molecule has 0 saturated carbocycles. The zero-order chi connectivity index (χ0) is 11.4. The molecular weight excluding hydrogens is 235 g/mol. The van der Waals surface area contributed by atoms with Crippen LogP contribution in [0.4, 0.5) is 5.69 Å². The minimum atomic E-state index is 0.517. The van der Waals surface area contributed by atoms with Crippen LogP contribution in [0.15, 0.2) is 12.1 Å². The second kappa shape index (κ2) is 5.45. The summed E-state index contributed by atoms with van der Waals surface area (Å²) in [5.41, 5.74) is 0.865. The van der Waals surface area contributed by atoms with Gasteiger partial charge in [0.15, 0.2) is 5.75 Å². The zero-order valence-electron chi connectivity index (χ0n) is 8.97. The fraction of sp³-hybridized carbons (Fsp3) is 0.400. The SMILES string of the molecule is CNCN(C)c1cc(Cl)cc(Cl)c1OC. The van der Waals surface area contributed by atoms with E-state index in [1.54, 1.807) is 13.2 Å². The van der Waals surface area contributed by atoms with Crippen molar-refractivity contribution in [1.29, 1.82) is 0 Å². The molecule has 15 heavy (non-hydrogen) atoms. The molecule has 0 aromatic heterocycles. The average molecular weight is 249 g/mol. The van der Waals surface area contributed by atoms with Crippen molar-refractivity contribution < 1.29 is 4.74 Å². The number of methoxy groups -OCH3 is 1. The fourth-order valence-corrected chi connectivity index (χ4v) is 1.91. The quantitative estimate of drug-likeness (QED) is 0.830. The Morgan fingerprint density at radius 1 is 1.40 bits per heavy atom. The molecular formula is C10H14Cl2N2O. The minimum absolute atomic E-state index is 0.517. The molecule has 0 fully saturated rings. The van der Waals surface area contributed by atoms with E-state index in [-0.39, 0.29) is 0 Å². The van der Waals surface area contributed by atoms with Crippen LogP contribution in [-0.2, 0) is 0 Å². The van der Waals surface area contributed by atoms with Gasteiger partial charge in [-0.05, 0) is 19.2 Å². The molecule has 84 valence electrons. The summed E-state index contributed by atoms with van der Waals surface area (Å²) < 4.78 is 5.24. The molecule has 0 aliphatic carbocycles. The van der Waals surface area contributed by atoms with E-state index < -0.39 is 0 Å². The van der Waals surface area contributed by atoms with Crippen molar-refractivity contribution in [2.75, 3.05) is 32.8 Å². The van der Waals surface area contributed by atoms with Gasteiger partial charge in [0.2, 0.25) is 0 Å². The molecule has 1 aromatic carbocycles. The third kappa shape index (κ3) is 2.91. The Morgan fingerprint density at radius 3 is 2.60 bits per heavy atom. The van der Waals surface area contributed by atoms with Gasteiger partial charge < -0.3 is 15.0 Å². The number of benzene rings is 1. The Morgan fingerprint density at radius 2 is 2.07 bits per heavy atom. The zero-order valence-corrected chi connectivity index (χ0v) is 10.5. The maximum Gasteiger partial charge on any atom is 0.160 e. The first-order valence-electron chi connectivity index (χ1n) is 4.49. The van der Waals surface area contributed by atoms with Crippen LogP contribution in [0.2, 0.25) is 10.0 Å². The Labute approximate surface area is 99.9 Å². The molecule has 1 rings (SSSR count). The standard InChI is InChI=1S/C10H14Cl2N2O/c1-13-6-14(2)9-5-7(11)4-8(12)10(9)15-3/h4-5,13H,6H2,1-3H3. The predicted octanol–water partition coefficient (Wildman–Crippen LogP) is 2.62. The maximum absolute atomic E-state index is 6.02. The number of hydrogen-bond donors (Lipinski definition) is 1. The van der Waals surface area contributed by atoms with Crippen molar-refractivity contribution in [2.45, 2.75) is 0 Å². The second-order valence-electron chi connectivity index (χ2n) is 3.15. The van der Waals surface area contributed by atoms with Gasteiger partial charge in [-0.2, -0.15) is 0 Å².